The smallest absolute Gasteiger partial charge is 0.266 e. The van der Waals surface area contributed by atoms with Gasteiger partial charge in [0.15, 0.2) is 11.7 Å². The Balaban J connectivity index is 0.00000363. The molecule has 10 heteroatoms. The van der Waals surface area contributed by atoms with Gasteiger partial charge in [0.25, 0.3) is 5.91 Å². The fourth-order valence-electron chi connectivity index (χ4n) is 3.02. The summed E-state index contributed by atoms with van der Waals surface area (Å²) in [6.45, 7) is 1.26. The number of halogens is 2. The van der Waals surface area contributed by atoms with Crippen LogP contribution < -0.4 is 19.1 Å². The molecule has 0 aliphatic carbocycles. The summed E-state index contributed by atoms with van der Waals surface area (Å²) in [5, 5.41) is 1.20. The SMILES string of the molecule is COc1ccc(OC)c2sc(N(CCCN(C)C)C(=O)COc3ccc(Cl)cc3)nc12.Cl. The quantitative estimate of drug-likeness (QED) is 0.400. The average Bonchev–Trinajstić information content (AvgIpc) is 3.20. The Kier molecular flexibility index (Phi) is 9.84. The second-order valence-electron chi connectivity index (χ2n) is 7.09. The maximum Gasteiger partial charge on any atom is 0.266 e. The van der Waals surface area contributed by atoms with Gasteiger partial charge in [-0.25, -0.2) is 4.98 Å². The summed E-state index contributed by atoms with van der Waals surface area (Å²) in [5.41, 5.74) is 0.672. The normalized spacial score (nSPS) is 10.7. The van der Waals surface area contributed by atoms with E-state index in [1.807, 2.05) is 26.2 Å². The number of hydrogen-bond acceptors (Lipinski definition) is 7. The van der Waals surface area contributed by atoms with E-state index < -0.39 is 0 Å². The topological polar surface area (TPSA) is 64.1 Å². The average molecular weight is 500 g/mol. The highest BCUT2D eigenvalue weighted by atomic mass is 35.5. The second kappa shape index (κ2) is 12.1. The number of ether oxygens (including phenoxy) is 3. The second-order valence-corrected chi connectivity index (χ2v) is 8.50. The van der Waals surface area contributed by atoms with Crippen LogP contribution in [0.15, 0.2) is 36.4 Å². The molecule has 0 N–H and O–H groups in total. The minimum atomic E-state index is -0.175. The third kappa shape index (κ3) is 6.38. The number of aromatic nitrogens is 1. The summed E-state index contributed by atoms with van der Waals surface area (Å²) < 4.78 is 17.4. The first kappa shape index (κ1) is 26.0. The van der Waals surface area contributed by atoms with E-state index >= 15 is 0 Å². The number of anilines is 1. The van der Waals surface area contributed by atoms with Gasteiger partial charge in [0.05, 0.1) is 14.2 Å². The number of fused-ring (bicyclic) bond motifs is 1. The third-order valence-electron chi connectivity index (χ3n) is 4.59. The molecule has 0 aliphatic rings. The highest BCUT2D eigenvalue weighted by molar-refractivity contribution is 7.22. The Bertz CT molecular complexity index is 987. The van der Waals surface area contributed by atoms with Crippen molar-refractivity contribution in [3.05, 3.63) is 41.4 Å². The molecule has 0 aliphatic heterocycles. The van der Waals surface area contributed by atoms with E-state index in [0.717, 1.165) is 17.7 Å². The van der Waals surface area contributed by atoms with E-state index in [4.69, 9.17) is 30.8 Å². The van der Waals surface area contributed by atoms with E-state index in [2.05, 4.69) is 4.90 Å². The lowest BCUT2D eigenvalue weighted by molar-refractivity contribution is -0.120. The molecule has 3 rings (SSSR count). The van der Waals surface area contributed by atoms with Gasteiger partial charge in [0.2, 0.25) is 0 Å². The predicted molar refractivity (Wildman–Crippen MR) is 132 cm³/mol. The number of methoxy groups -OCH3 is 2. The van der Waals surface area contributed by atoms with Crippen molar-refractivity contribution >= 4 is 56.6 Å². The molecule has 2 aromatic carbocycles. The van der Waals surface area contributed by atoms with Gasteiger partial charge < -0.3 is 19.1 Å². The monoisotopic (exact) mass is 499 g/mol. The van der Waals surface area contributed by atoms with Crippen molar-refractivity contribution in [2.75, 3.05) is 52.9 Å². The van der Waals surface area contributed by atoms with Crippen LogP contribution in [0.2, 0.25) is 5.02 Å². The van der Waals surface area contributed by atoms with Crippen LogP contribution in [-0.2, 0) is 4.79 Å². The molecule has 32 heavy (non-hydrogen) atoms. The zero-order valence-corrected chi connectivity index (χ0v) is 20.9. The van der Waals surface area contributed by atoms with Crippen LogP contribution in [0.3, 0.4) is 0 Å². The van der Waals surface area contributed by atoms with Crippen molar-refractivity contribution in [3.63, 3.8) is 0 Å². The lowest BCUT2D eigenvalue weighted by Crippen LogP contribution is -2.36. The number of rotatable bonds is 10. The van der Waals surface area contributed by atoms with Crippen molar-refractivity contribution in [3.8, 4) is 17.2 Å². The van der Waals surface area contributed by atoms with Crippen LogP contribution in [0, 0.1) is 0 Å². The summed E-state index contributed by atoms with van der Waals surface area (Å²) in [6, 6.07) is 10.6. The highest BCUT2D eigenvalue weighted by Crippen LogP contribution is 2.40. The molecule has 0 fully saturated rings. The molecule has 1 aromatic heterocycles. The first-order valence-electron chi connectivity index (χ1n) is 9.78. The molecule has 7 nitrogen and oxygen atoms in total. The molecule has 1 amide bonds. The summed E-state index contributed by atoms with van der Waals surface area (Å²) in [6.07, 6.45) is 0.796. The van der Waals surface area contributed by atoms with Crippen molar-refractivity contribution in [1.29, 1.82) is 0 Å². The van der Waals surface area contributed by atoms with Crippen molar-refractivity contribution in [2.24, 2.45) is 0 Å². The van der Waals surface area contributed by atoms with Gasteiger partial charge in [-0.1, -0.05) is 22.9 Å². The lowest BCUT2D eigenvalue weighted by Gasteiger charge is -2.21. The lowest BCUT2D eigenvalue weighted by atomic mass is 10.3. The molecule has 0 atom stereocenters. The van der Waals surface area contributed by atoms with Crippen LogP contribution in [0.1, 0.15) is 6.42 Å². The standard InChI is InChI=1S/C22H26ClN3O4S.ClH/c1-25(2)12-5-13-26(19(27)14-30-16-8-6-15(23)7-9-16)22-24-20-17(28-3)10-11-18(29-4)21(20)31-22;/h6-11H,5,12-14H2,1-4H3;1H. The maximum absolute atomic E-state index is 13.1. The number of amides is 1. The van der Waals surface area contributed by atoms with E-state index in [-0.39, 0.29) is 24.9 Å². The summed E-state index contributed by atoms with van der Waals surface area (Å²) >= 11 is 7.31. The summed E-state index contributed by atoms with van der Waals surface area (Å²) in [7, 11) is 7.22. The van der Waals surface area contributed by atoms with Crippen molar-refractivity contribution in [2.45, 2.75) is 6.42 Å². The summed E-state index contributed by atoms with van der Waals surface area (Å²) in [5.74, 6) is 1.73. The zero-order valence-electron chi connectivity index (χ0n) is 18.5. The molecule has 174 valence electrons. The molecule has 1 heterocycles. The number of hydrogen-bond donors (Lipinski definition) is 0. The molecule has 3 aromatic rings. The van der Waals surface area contributed by atoms with E-state index in [9.17, 15) is 4.79 Å². The number of benzene rings is 2. The minimum absolute atomic E-state index is 0. The van der Waals surface area contributed by atoms with Crippen LogP contribution in [0.25, 0.3) is 10.2 Å². The molecular weight excluding hydrogens is 473 g/mol. The van der Waals surface area contributed by atoms with E-state index in [1.54, 1.807) is 43.4 Å². The Morgan fingerprint density at radius 1 is 1.03 bits per heavy atom. The van der Waals surface area contributed by atoms with Gasteiger partial charge in [0, 0.05) is 11.6 Å². The highest BCUT2D eigenvalue weighted by Gasteiger charge is 2.23. The predicted octanol–water partition coefficient (Wildman–Crippen LogP) is 4.75. The van der Waals surface area contributed by atoms with Crippen molar-refractivity contribution in [1.82, 2.24) is 9.88 Å². The maximum atomic E-state index is 13.1. The van der Waals surface area contributed by atoms with Gasteiger partial charge >= 0.3 is 0 Å². The Hall–Kier alpha value is -2.26. The zero-order chi connectivity index (χ0) is 22.4. The summed E-state index contributed by atoms with van der Waals surface area (Å²) in [4.78, 5) is 21.6. The first-order valence-corrected chi connectivity index (χ1v) is 11.0. The Labute approximate surface area is 203 Å². The third-order valence-corrected chi connectivity index (χ3v) is 5.94. The van der Waals surface area contributed by atoms with Crippen molar-refractivity contribution < 1.29 is 19.0 Å². The molecule has 0 bridgehead atoms. The first-order chi connectivity index (χ1) is 14.9. The molecule has 0 spiro atoms. The fourth-order valence-corrected chi connectivity index (χ4v) is 4.26. The van der Waals surface area contributed by atoms with E-state index in [1.165, 1.54) is 11.3 Å². The minimum Gasteiger partial charge on any atom is -0.495 e. The molecular formula is C22H27Cl2N3O4S. The molecule has 0 unspecified atom stereocenters. The van der Waals surface area contributed by atoms with Gasteiger partial charge in [0.1, 0.15) is 27.5 Å². The van der Waals surface area contributed by atoms with Gasteiger partial charge in [-0.05, 0) is 63.5 Å². The van der Waals surface area contributed by atoms with Crippen LogP contribution in [-0.4, -0.2) is 63.8 Å². The van der Waals surface area contributed by atoms with Gasteiger partial charge in [-0.3, -0.25) is 9.69 Å². The molecule has 0 saturated heterocycles. The number of carbonyl (C=O) groups excluding carboxylic acids is 1. The number of nitrogens with zero attached hydrogens (tertiary/aromatic N) is 3. The fraction of sp³-hybridized carbons (Fsp3) is 0.364. The Morgan fingerprint density at radius 2 is 1.69 bits per heavy atom. The van der Waals surface area contributed by atoms with Crippen LogP contribution in [0.4, 0.5) is 5.13 Å². The van der Waals surface area contributed by atoms with Crippen LogP contribution in [0.5, 0.6) is 17.2 Å². The Morgan fingerprint density at radius 3 is 2.31 bits per heavy atom. The van der Waals surface area contributed by atoms with E-state index in [0.29, 0.717) is 39.5 Å². The van der Waals surface area contributed by atoms with Gasteiger partial charge in [-0.2, -0.15) is 0 Å². The van der Waals surface area contributed by atoms with Crippen LogP contribution >= 0.6 is 35.3 Å². The van der Waals surface area contributed by atoms with Gasteiger partial charge in [-0.15, -0.1) is 12.4 Å². The molecule has 0 saturated carbocycles. The molecule has 0 radical (unpaired) electrons. The number of thiazole rings is 1. The number of carbonyl (C=O) groups is 1. The largest absolute Gasteiger partial charge is 0.495 e.